The zero-order chi connectivity index (χ0) is 19.3. The van der Waals surface area contributed by atoms with Crippen molar-refractivity contribution >= 4 is 17.5 Å². The third-order valence-electron chi connectivity index (χ3n) is 3.46. The van der Waals surface area contributed by atoms with Crippen LogP contribution in [0.25, 0.3) is 0 Å². The highest BCUT2D eigenvalue weighted by molar-refractivity contribution is 5.96. The zero-order valence-corrected chi connectivity index (χ0v) is 14.2. The van der Waals surface area contributed by atoms with Crippen LogP contribution in [-0.2, 0) is 11.0 Å². The Bertz CT molecular complexity index is 799. The molecule has 2 aromatic carbocycles. The Morgan fingerprint density at radius 3 is 2.23 bits per heavy atom. The maximum Gasteiger partial charge on any atom is 0.418 e. The first-order valence-electron chi connectivity index (χ1n) is 7.74. The lowest BCUT2D eigenvalue weighted by atomic mass is 10.1. The molecule has 138 valence electrons. The van der Waals surface area contributed by atoms with Crippen molar-refractivity contribution in [2.45, 2.75) is 20.0 Å². The van der Waals surface area contributed by atoms with Crippen molar-refractivity contribution in [1.82, 2.24) is 10.7 Å². The highest BCUT2D eigenvalue weighted by atomic mass is 19.4. The van der Waals surface area contributed by atoms with Crippen LogP contribution in [0.5, 0.6) is 0 Å². The summed E-state index contributed by atoms with van der Waals surface area (Å²) in [5.74, 6) is -1.12. The van der Waals surface area contributed by atoms with E-state index in [1.165, 1.54) is 18.2 Å². The predicted octanol–water partition coefficient (Wildman–Crippen LogP) is 3.20. The second kappa shape index (κ2) is 7.90. The minimum Gasteiger partial charge on any atom is -0.343 e. The van der Waals surface area contributed by atoms with Gasteiger partial charge in [0, 0.05) is 5.56 Å². The molecule has 26 heavy (non-hydrogen) atoms. The lowest BCUT2D eigenvalue weighted by Crippen LogP contribution is -2.39. The molecule has 0 aliphatic heterocycles. The smallest absolute Gasteiger partial charge is 0.343 e. The first-order chi connectivity index (χ1) is 12.2. The molecule has 0 spiro atoms. The molecule has 2 aromatic rings. The molecule has 2 amide bonds. The minimum absolute atomic E-state index is 0.283. The van der Waals surface area contributed by atoms with Gasteiger partial charge in [0.15, 0.2) is 0 Å². The van der Waals surface area contributed by atoms with E-state index >= 15 is 0 Å². The number of carbonyl (C=O) groups excluding carboxylic acids is 2. The second-order valence-electron chi connectivity index (χ2n) is 5.78. The van der Waals surface area contributed by atoms with Crippen LogP contribution < -0.4 is 16.2 Å². The number of halogens is 3. The SMILES string of the molecule is Cc1cc(C)cc(C(=O)NCC(=O)NNc2ccccc2C(F)(F)F)c1. The van der Waals surface area contributed by atoms with Gasteiger partial charge in [-0.15, -0.1) is 0 Å². The highest BCUT2D eigenvalue weighted by Crippen LogP contribution is 2.34. The van der Waals surface area contributed by atoms with Gasteiger partial charge in [-0.25, -0.2) is 0 Å². The van der Waals surface area contributed by atoms with Gasteiger partial charge in [0.25, 0.3) is 11.8 Å². The number of amides is 2. The van der Waals surface area contributed by atoms with Crippen LogP contribution in [0.4, 0.5) is 18.9 Å². The Balaban J connectivity index is 1.91. The maximum atomic E-state index is 12.9. The van der Waals surface area contributed by atoms with Crippen molar-refractivity contribution in [2.24, 2.45) is 0 Å². The molecule has 3 N–H and O–H groups in total. The van der Waals surface area contributed by atoms with E-state index in [2.05, 4.69) is 16.2 Å². The van der Waals surface area contributed by atoms with Crippen molar-refractivity contribution in [3.63, 3.8) is 0 Å². The number of nitrogens with one attached hydrogen (secondary N) is 3. The van der Waals surface area contributed by atoms with E-state index in [-0.39, 0.29) is 12.2 Å². The largest absolute Gasteiger partial charge is 0.418 e. The molecular formula is C18H18F3N3O2. The van der Waals surface area contributed by atoms with Crippen molar-refractivity contribution in [3.8, 4) is 0 Å². The lowest BCUT2D eigenvalue weighted by Gasteiger charge is -2.15. The molecule has 0 aliphatic rings. The summed E-state index contributed by atoms with van der Waals surface area (Å²) in [5.41, 5.74) is 5.40. The maximum absolute atomic E-state index is 12.9. The van der Waals surface area contributed by atoms with Crippen molar-refractivity contribution in [1.29, 1.82) is 0 Å². The van der Waals surface area contributed by atoms with Gasteiger partial charge >= 0.3 is 6.18 Å². The number of alkyl halides is 3. The van der Waals surface area contributed by atoms with E-state index < -0.39 is 23.6 Å². The van der Waals surface area contributed by atoms with Crippen LogP contribution in [0, 0.1) is 13.8 Å². The molecule has 0 unspecified atom stereocenters. The van der Waals surface area contributed by atoms with Gasteiger partial charge in [-0.2, -0.15) is 13.2 Å². The third kappa shape index (κ3) is 5.23. The predicted molar refractivity (Wildman–Crippen MR) is 91.5 cm³/mol. The Labute approximate surface area is 148 Å². The minimum atomic E-state index is -4.55. The van der Waals surface area contributed by atoms with Gasteiger partial charge in [0.05, 0.1) is 17.8 Å². The van der Waals surface area contributed by atoms with Gasteiger partial charge < -0.3 is 5.32 Å². The molecule has 0 saturated carbocycles. The zero-order valence-electron chi connectivity index (χ0n) is 14.2. The second-order valence-corrected chi connectivity index (χ2v) is 5.78. The summed E-state index contributed by atoms with van der Waals surface area (Å²) in [7, 11) is 0. The fourth-order valence-electron chi connectivity index (χ4n) is 2.39. The van der Waals surface area contributed by atoms with Crippen LogP contribution in [0.2, 0.25) is 0 Å². The van der Waals surface area contributed by atoms with Crippen LogP contribution in [-0.4, -0.2) is 18.4 Å². The van der Waals surface area contributed by atoms with Crippen LogP contribution >= 0.6 is 0 Å². The first-order valence-corrected chi connectivity index (χ1v) is 7.74. The fraction of sp³-hybridized carbons (Fsp3) is 0.222. The molecule has 0 heterocycles. The molecule has 2 rings (SSSR count). The van der Waals surface area contributed by atoms with E-state index in [0.29, 0.717) is 5.56 Å². The molecule has 0 fully saturated rings. The average molecular weight is 365 g/mol. The number of hydrazine groups is 1. The Hall–Kier alpha value is -3.03. The average Bonchev–Trinajstić information content (AvgIpc) is 2.56. The summed E-state index contributed by atoms with van der Waals surface area (Å²) < 4.78 is 38.6. The Morgan fingerprint density at radius 1 is 1.00 bits per heavy atom. The number of hydrogen-bond acceptors (Lipinski definition) is 3. The molecule has 5 nitrogen and oxygen atoms in total. The van der Waals surface area contributed by atoms with E-state index in [9.17, 15) is 22.8 Å². The fourth-order valence-corrected chi connectivity index (χ4v) is 2.39. The summed E-state index contributed by atoms with van der Waals surface area (Å²) in [4.78, 5) is 23.8. The van der Waals surface area contributed by atoms with Gasteiger partial charge in [0.2, 0.25) is 0 Å². The van der Waals surface area contributed by atoms with Crippen LogP contribution in [0.15, 0.2) is 42.5 Å². The molecule has 0 radical (unpaired) electrons. The number of benzene rings is 2. The van der Waals surface area contributed by atoms with Gasteiger partial charge in [-0.05, 0) is 38.1 Å². The van der Waals surface area contributed by atoms with Crippen molar-refractivity contribution in [2.75, 3.05) is 12.0 Å². The Kier molecular flexibility index (Phi) is 5.86. The summed E-state index contributed by atoms with van der Waals surface area (Å²) in [5, 5.41) is 2.42. The van der Waals surface area contributed by atoms with Gasteiger partial charge in [-0.3, -0.25) is 20.4 Å². The molecular weight excluding hydrogens is 347 g/mol. The van der Waals surface area contributed by atoms with Crippen LogP contribution in [0.3, 0.4) is 0 Å². The number of para-hydroxylation sites is 1. The lowest BCUT2D eigenvalue weighted by molar-refractivity contribution is -0.137. The van der Waals surface area contributed by atoms with E-state index in [0.717, 1.165) is 17.2 Å². The first kappa shape index (κ1) is 19.3. The number of rotatable bonds is 5. The topological polar surface area (TPSA) is 70.2 Å². The quantitative estimate of drug-likeness (QED) is 0.713. The molecule has 0 bridgehead atoms. The van der Waals surface area contributed by atoms with Crippen LogP contribution in [0.1, 0.15) is 27.0 Å². The summed E-state index contributed by atoms with van der Waals surface area (Å²) in [6.45, 7) is 3.31. The highest BCUT2D eigenvalue weighted by Gasteiger charge is 2.33. The van der Waals surface area contributed by atoms with Crippen molar-refractivity contribution in [3.05, 3.63) is 64.7 Å². The number of aryl methyl sites for hydroxylation is 2. The van der Waals surface area contributed by atoms with E-state index in [1.807, 2.05) is 19.9 Å². The normalized spacial score (nSPS) is 11.0. The summed E-state index contributed by atoms with van der Waals surface area (Å²) >= 11 is 0. The number of carbonyl (C=O) groups is 2. The molecule has 0 aliphatic carbocycles. The van der Waals surface area contributed by atoms with E-state index in [1.54, 1.807) is 12.1 Å². The standard InChI is InChI=1S/C18H18F3N3O2/c1-11-7-12(2)9-13(8-11)17(26)22-10-16(25)24-23-15-6-4-3-5-14(15)18(19,20)21/h3-9,23H,10H2,1-2H3,(H,22,26)(H,24,25). The number of hydrogen-bond donors (Lipinski definition) is 3. The molecule has 0 atom stereocenters. The van der Waals surface area contributed by atoms with Gasteiger partial charge in [0.1, 0.15) is 0 Å². The van der Waals surface area contributed by atoms with E-state index in [4.69, 9.17) is 0 Å². The molecule has 8 heteroatoms. The van der Waals surface area contributed by atoms with Crippen molar-refractivity contribution < 1.29 is 22.8 Å². The van der Waals surface area contributed by atoms with Gasteiger partial charge in [-0.1, -0.05) is 29.3 Å². The molecule has 0 aromatic heterocycles. The third-order valence-corrected chi connectivity index (χ3v) is 3.46. The summed E-state index contributed by atoms with van der Waals surface area (Å²) in [6, 6.07) is 10.0. The Morgan fingerprint density at radius 2 is 1.62 bits per heavy atom. The summed E-state index contributed by atoms with van der Waals surface area (Å²) in [6.07, 6.45) is -4.55. The number of anilines is 1. The molecule has 0 saturated heterocycles. The monoisotopic (exact) mass is 365 g/mol.